The van der Waals surface area contributed by atoms with Crippen LogP contribution >= 0.6 is 11.6 Å². The normalized spacial score (nSPS) is 20.2. The maximum absolute atomic E-state index is 11.5. The number of methoxy groups -OCH3 is 1. The Morgan fingerprint density at radius 3 is 2.92 bits per heavy atom. The molecule has 0 radical (unpaired) electrons. The molecule has 1 aromatic carbocycles. The van der Waals surface area contributed by atoms with Gasteiger partial charge < -0.3 is 9.64 Å². The molecule has 2 atom stereocenters. The number of esters is 1. The van der Waals surface area contributed by atoms with Crippen molar-refractivity contribution in [2.24, 2.45) is 11.8 Å². The van der Waals surface area contributed by atoms with Gasteiger partial charge in [0, 0.05) is 29.7 Å². The van der Waals surface area contributed by atoms with Gasteiger partial charge in [0.15, 0.2) is 0 Å². The fourth-order valence-electron chi connectivity index (χ4n) is 3.11. The van der Waals surface area contributed by atoms with Crippen molar-refractivity contribution in [3.05, 3.63) is 41.7 Å². The molecule has 0 bridgehead atoms. The Kier molecular flexibility index (Phi) is 5.00. The topological polar surface area (TPSA) is 55.3 Å². The summed E-state index contributed by atoms with van der Waals surface area (Å²) in [6.45, 7) is 3.82. The van der Waals surface area contributed by atoms with Crippen molar-refractivity contribution in [1.82, 2.24) is 9.97 Å². The molecule has 0 N–H and O–H groups in total. The van der Waals surface area contributed by atoms with Gasteiger partial charge in [0.25, 0.3) is 0 Å². The zero-order valence-corrected chi connectivity index (χ0v) is 14.5. The van der Waals surface area contributed by atoms with E-state index in [1.807, 2.05) is 30.3 Å². The number of nitrogens with zero attached hydrogens (tertiary/aromatic N) is 3. The minimum Gasteiger partial charge on any atom is -0.469 e. The Hall–Kier alpha value is -2.14. The average Bonchev–Trinajstić information content (AvgIpc) is 2.95. The molecule has 6 heteroatoms. The third kappa shape index (κ3) is 3.67. The highest BCUT2D eigenvalue weighted by molar-refractivity contribution is 6.30. The van der Waals surface area contributed by atoms with Gasteiger partial charge in [0.1, 0.15) is 12.1 Å². The highest BCUT2D eigenvalue weighted by atomic mass is 35.5. The first-order valence-electron chi connectivity index (χ1n) is 7.96. The summed E-state index contributed by atoms with van der Waals surface area (Å²) in [6, 6.07) is 9.58. The van der Waals surface area contributed by atoms with Crippen molar-refractivity contribution in [2.45, 2.75) is 13.3 Å². The standard InChI is InChI=1S/C18H20ClN3O2/c1-12-9-22(10-14(12)7-18(23)24-2)17-8-16(20-11-21-17)13-4-3-5-15(19)6-13/h3-6,8,11-12,14H,7,9-10H2,1-2H3/t12-,14-/m1/s1. The van der Waals surface area contributed by atoms with Gasteiger partial charge in [-0.1, -0.05) is 30.7 Å². The molecule has 1 aromatic heterocycles. The van der Waals surface area contributed by atoms with Crippen molar-refractivity contribution in [2.75, 3.05) is 25.1 Å². The summed E-state index contributed by atoms with van der Waals surface area (Å²) in [7, 11) is 1.43. The van der Waals surface area contributed by atoms with Crippen LogP contribution in [0.4, 0.5) is 5.82 Å². The molecule has 0 unspecified atom stereocenters. The van der Waals surface area contributed by atoms with E-state index >= 15 is 0 Å². The lowest BCUT2D eigenvalue weighted by molar-refractivity contribution is -0.141. The highest BCUT2D eigenvalue weighted by Crippen LogP contribution is 2.31. The Morgan fingerprint density at radius 1 is 1.33 bits per heavy atom. The van der Waals surface area contributed by atoms with Gasteiger partial charge in [-0.15, -0.1) is 0 Å². The molecule has 0 aliphatic carbocycles. The van der Waals surface area contributed by atoms with E-state index in [1.54, 1.807) is 6.33 Å². The Labute approximate surface area is 146 Å². The number of halogens is 1. The van der Waals surface area contributed by atoms with E-state index in [0.717, 1.165) is 30.2 Å². The molecule has 0 amide bonds. The van der Waals surface area contributed by atoms with Gasteiger partial charge in [-0.05, 0) is 24.0 Å². The maximum atomic E-state index is 11.5. The first-order chi connectivity index (χ1) is 11.6. The third-order valence-electron chi connectivity index (χ3n) is 4.52. The summed E-state index contributed by atoms with van der Waals surface area (Å²) in [4.78, 5) is 22.5. The van der Waals surface area contributed by atoms with Gasteiger partial charge in [-0.3, -0.25) is 4.79 Å². The number of hydrogen-bond donors (Lipinski definition) is 0. The second kappa shape index (κ2) is 7.18. The predicted molar refractivity (Wildman–Crippen MR) is 94.0 cm³/mol. The van der Waals surface area contributed by atoms with Crippen molar-refractivity contribution < 1.29 is 9.53 Å². The Bertz CT molecular complexity index is 738. The smallest absolute Gasteiger partial charge is 0.305 e. The fourth-order valence-corrected chi connectivity index (χ4v) is 3.30. The number of ether oxygens (including phenoxy) is 1. The van der Waals surface area contributed by atoms with Gasteiger partial charge >= 0.3 is 5.97 Å². The number of benzene rings is 1. The van der Waals surface area contributed by atoms with E-state index < -0.39 is 0 Å². The minimum atomic E-state index is -0.156. The monoisotopic (exact) mass is 345 g/mol. The summed E-state index contributed by atoms with van der Waals surface area (Å²) in [5.41, 5.74) is 1.80. The molecule has 2 aromatic rings. The van der Waals surface area contributed by atoms with E-state index in [9.17, 15) is 4.79 Å². The quantitative estimate of drug-likeness (QED) is 0.794. The van der Waals surface area contributed by atoms with Crippen molar-refractivity contribution in [3.8, 4) is 11.3 Å². The highest BCUT2D eigenvalue weighted by Gasteiger charge is 2.32. The van der Waals surface area contributed by atoms with Crippen LogP contribution < -0.4 is 4.90 Å². The van der Waals surface area contributed by atoms with Crippen LogP contribution in [0.25, 0.3) is 11.3 Å². The molecule has 126 valence electrons. The number of anilines is 1. The van der Waals surface area contributed by atoms with Gasteiger partial charge in [0.05, 0.1) is 19.2 Å². The number of carbonyl (C=O) groups is 1. The summed E-state index contributed by atoms with van der Waals surface area (Å²) < 4.78 is 4.79. The zero-order valence-electron chi connectivity index (χ0n) is 13.8. The van der Waals surface area contributed by atoms with Crippen molar-refractivity contribution >= 4 is 23.4 Å². The molecule has 1 aliphatic rings. The molecular formula is C18H20ClN3O2. The third-order valence-corrected chi connectivity index (χ3v) is 4.76. The minimum absolute atomic E-state index is 0.156. The molecule has 5 nitrogen and oxygen atoms in total. The van der Waals surface area contributed by atoms with Gasteiger partial charge in [0.2, 0.25) is 0 Å². The Morgan fingerprint density at radius 2 is 2.17 bits per heavy atom. The number of aromatic nitrogens is 2. The number of rotatable bonds is 4. The molecule has 1 fully saturated rings. The van der Waals surface area contributed by atoms with E-state index in [0.29, 0.717) is 17.4 Å². The molecule has 24 heavy (non-hydrogen) atoms. The zero-order chi connectivity index (χ0) is 17.1. The molecule has 3 rings (SSSR count). The van der Waals surface area contributed by atoms with E-state index in [2.05, 4.69) is 21.8 Å². The summed E-state index contributed by atoms with van der Waals surface area (Å²) >= 11 is 6.06. The lowest BCUT2D eigenvalue weighted by Crippen LogP contribution is -2.21. The molecule has 2 heterocycles. The lowest BCUT2D eigenvalue weighted by Gasteiger charge is -2.17. The largest absolute Gasteiger partial charge is 0.469 e. The molecule has 0 spiro atoms. The molecular weight excluding hydrogens is 326 g/mol. The lowest BCUT2D eigenvalue weighted by atomic mass is 9.95. The second-order valence-corrected chi connectivity index (χ2v) is 6.63. The van der Waals surface area contributed by atoms with Crippen LogP contribution in [0.2, 0.25) is 5.02 Å². The van der Waals surface area contributed by atoms with Crippen LogP contribution in [0.5, 0.6) is 0 Å². The summed E-state index contributed by atoms with van der Waals surface area (Å²) in [6.07, 6.45) is 2.02. The van der Waals surface area contributed by atoms with Crippen LogP contribution in [0, 0.1) is 11.8 Å². The fraction of sp³-hybridized carbons (Fsp3) is 0.389. The van der Waals surface area contributed by atoms with Gasteiger partial charge in [-0.25, -0.2) is 9.97 Å². The van der Waals surface area contributed by atoms with E-state index in [4.69, 9.17) is 16.3 Å². The predicted octanol–water partition coefficient (Wildman–Crippen LogP) is 3.43. The first-order valence-corrected chi connectivity index (χ1v) is 8.34. The number of carbonyl (C=O) groups excluding carboxylic acids is 1. The van der Waals surface area contributed by atoms with Crippen LogP contribution in [-0.4, -0.2) is 36.1 Å². The van der Waals surface area contributed by atoms with E-state index in [1.165, 1.54) is 7.11 Å². The van der Waals surface area contributed by atoms with Crippen molar-refractivity contribution in [3.63, 3.8) is 0 Å². The van der Waals surface area contributed by atoms with Crippen molar-refractivity contribution in [1.29, 1.82) is 0 Å². The first kappa shape index (κ1) is 16.7. The number of hydrogen-bond acceptors (Lipinski definition) is 5. The maximum Gasteiger partial charge on any atom is 0.305 e. The SMILES string of the molecule is COC(=O)C[C@@H]1CN(c2cc(-c3cccc(Cl)c3)ncn2)C[C@H]1C. The Balaban J connectivity index is 1.78. The molecule has 1 saturated heterocycles. The molecule has 1 aliphatic heterocycles. The molecule has 0 saturated carbocycles. The van der Waals surface area contributed by atoms with E-state index in [-0.39, 0.29) is 11.9 Å². The summed E-state index contributed by atoms with van der Waals surface area (Å²) in [5, 5.41) is 0.681. The van der Waals surface area contributed by atoms with Gasteiger partial charge in [-0.2, -0.15) is 0 Å². The summed E-state index contributed by atoms with van der Waals surface area (Å²) in [5.74, 6) is 1.41. The van der Waals surface area contributed by atoms with Crippen LogP contribution in [0.15, 0.2) is 36.7 Å². The average molecular weight is 346 g/mol. The van der Waals surface area contributed by atoms with Crippen LogP contribution in [-0.2, 0) is 9.53 Å². The second-order valence-electron chi connectivity index (χ2n) is 6.19. The van der Waals surface area contributed by atoms with Crippen LogP contribution in [0.1, 0.15) is 13.3 Å². The van der Waals surface area contributed by atoms with Crippen LogP contribution in [0.3, 0.4) is 0 Å².